The highest BCUT2D eigenvalue weighted by molar-refractivity contribution is 7.89. The zero-order valence-corrected chi connectivity index (χ0v) is 19.3. The number of aromatic nitrogens is 4. The van der Waals surface area contributed by atoms with Crippen LogP contribution in [0.5, 0.6) is 0 Å². The zero-order chi connectivity index (χ0) is 24.1. The first kappa shape index (κ1) is 23.6. The molecule has 3 atom stereocenters. The van der Waals surface area contributed by atoms with Crippen LogP contribution in [0, 0.1) is 5.92 Å². The minimum Gasteiger partial charge on any atom is -0.314 e. The van der Waals surface area contributed by atoms with E-state index in [9.17, 15) is 21.6 Å². The summed E-state index contributed by atoms with van der Waals surface area (Å²) in [7, 11) is -4.72. The summed E-state index contributed by atoms with van der Waals surface area (Å²) in [5.74, 6) is 0.386. The molecule has 1 aromatic carbocycles. The lowest BCUT2D eigenvalue weighted by molar-refractivity contribution is -0.139. The molecule has 0 bridgehead atoms. The normalized spacial score (nSPS) is 29.9. The molecule has 1 aliphatic heterocycles. The fourth-order valence-electron chi connectivity index (χ4n) is 6.21. The van der Waals surface area contributed by atoms with Crippen molar-refractivity contribution in [1.29, 1.82) is 0 Å². The molecule has 13 heteroatoms. The summed E-state index contributed by atoms with van der Waals surface area (Å²) in [4.78, 5) is -0.984. The summed E-state index contributed by atoms with van der Waals surface area (Å²) >= 11 is 0. The Balaban J connectivity index is 1.42. The van der Waals surface area contributed by atoms with Gasteiger partial charge in [0.1, 0.15) is 4.90 Å². The highest BCUT2D eigenvalue weighted by atomic mass is 32.2. The summed E-state index contributed by atoms with van der Waals surface area (Å²) in [6.45, 7) is 1.07. The Morgan fingerprint density at radius 1 is 1.06 bits per heavy atom. The van der Waals surface area contributed by atoms with Crippen LogP contribution in [-0.2, 0) is 16.2 Å². The minimum absolute atomic E-state index is 0.134. The molecule has 5 N–H and O–H groups in total. The number of benzene rings is 1. The molecule has 2 heterocycles. The van der Waals surface area contributed by atoms with E-state index in [1.54, 1.807) is 0 Å². The van der Waals surface area contributed by atoms with Gasteiger partial charge >= 0.3 is 6.18 Å². The number of nitrogens with zero attached hydrogens (tertiary/aromatic N) is 3. The number of sulfonamides is 1. The van der Waals surface area contributed by atoms with Gasteiger partial charge in [0.05, 0.1) is 5.56 Å². The first-order chi connectivity index (χ1) is 16.1. The Morgan fingerprint density at radius 2 is 1.82 bits per heavy atom. The molecule has 1 aromatic heterocycles. The summed E-state index contributed by atoms with van der Waals surface area (Å²) in [6.07, 6.45) is 1.75. The Labute approximate surface area is 195 Å². The van der Waals surface area contributed by atoms with Gasteiger partial charge in [-0.3, -0.25) is 0 Å². The van der Waals surface area contributed by atoms with Crippen molar-refractivity contribution >= 4 is 10.0 Å². The van der Waals surface area contributed by atoms with Gasteiger partial charge in [-0.15, -0.1) is 5.10 Å². The Morgan fingerprint density at radius 3 is 2.47 bits per heavy atom. The summed E-state index contributed by atoms with van der Waals surface area (Å²) < 4.78 is 65.9. The number of alkyl halides is 3. The van der Waals surface area contributed by atoms with E-state index < -0.39 is 26.7 Å². The monoisotopic (exact) mass is 499 g/mol. The second kappa shape index (κ2) is 8.85. The van der Waals surface area contributed by atoms with Gasteiger partial charge in [0.2, 0.25) is 10.0 Å². The number of fused-ring (bicyclic) bond motifs is 1. The maximum absolute atomic E-state index is 13.7. The smallest absolute Gasteiger partial charge is 0.314 e. The van der Waals surface area contributed by atoms with Crippen LogP contribution in [-0.4, -0.2) is 53.7 Å². The topological polar surface area (TPSA) is 139 Å². The maximum atomic E-state index is 13.7. The zero-order valence-electron chi connectivity index (χ0n) is 18.5. The van der Waals surface area contributed by atoms with Crippen LogP contribution in [0.25, 0.3) is 11.4 Å². The van der Waals surface area contributed by atoms with Crippen LogP contribution in [0.4, 0.5) is 13.2 Å². The molecule has 2 aromatic rings. The molecule has 2 aliphatic carbocycles. The van der Waals surface area contributed by atoms with Crippen LogP contribution >= 0.6 is 0 Å². The molecule has 0 radical (unpaired) electrons. The highest BCUT2D eigenvalue weighted by Gasteiger charge is 2.42. The number of nitrogens with two attached hydrogens (primary N) is 1. The molecule has 1 unspecified atom stereocenters. The van der Waals surface area contributed by atoms with Gasteiger partial charge < -0.3 is 10.6 Å². The maximum Gasteiger partial charge on any atom is 0.417 e. The lowest BCUT2D eigenvalue weighted by atomic mass is 9.79. The standard InChI is InChI=1S/C21H28F3N7O2S/c22-21(23,24)15-6-5-13(18(19(15)34(25,32)33)20-28-30-31-29-20)11-1-3-12(4-2-11)27-17-8-7-16-14(17)9-10-26-16/h5-6,11-12,14,16-17,26-27H,1-4,7-10H2,(H2,25,32,33)(H,28,29,30,31)/t11?,12?,14-,16-,17?/m1/s1. The van der Waals surface area contributed by atoms with Crippen molar-refractivity contribution in [2.24, 2.45) is 11.1 Å². The molecule has 2 saturated carbocycles. The van der Waals surface area contributed by atoms with Gasteiger partial charge in [0.15, 0.2) is 5.82 Å². The van der Waals surface area contributed by atoms with Crippen LogP contribution < -0.4 is 15.8 Å². The van der Waals surface area contributed by atoms with E-state index in [2.05, 4.69) is 31.3 Å². The lowest BCUT2D eigenvalue weighted by Crippen LogP contribution is -2.43. The SMILES string of the molecule is NS(=O)(=O)c1c(C(F)(F)F)ccc(C2CCC(NC3CC[C@H]4NCC[C@@H]34)CC2)c1-c1nnn[nH]1. The van der Waals surface area contributed by atoms with Crippen molar-refractivity contribution in [2.75, 3.05) is 6.54 Å². The van der Waals surface area contributed by atoms with Gasteiger partial charge in [-0.2, -0.15) is 13.2 Å². The average molecular weight is 500 g/mol. The van der Waals surface area contributed by atoms with Crippen LogP contribution in [0.2, 0.25) is 0 Å². The second-order valence-corrected chi connectivity index (χ2v) is 11.1. The van der Waals surface area contributed by atoms with Crippen LogP contribution in [0.15, 0.2) is 17.0 Å². The fraction of sp³-hybridized carbons (Fsp3) is 0.667. The fourth-order valence-corrected chi connectivity index (χ4v) is 7.20. The quantitative estimate of drug-likeness (QED) is 0.495. The van der Waals surface area contributed by atoms with E-state index in [1.165, 1.54) is 18.9 Å². The molecule has 5 rings (SSSR count). The number of hydrogen-bond acceptors (Lipinski definition) is 7. The van der Waals surface area contributed by atoms with Crippen molar-refractivity contribution in [2.45, 2.75) is 80.1 Å². The third-order valence-corrected chi connectivity index (χ3v) is 8.68. The molecule has 9 nitrogen and oxygen atoms in total. The Hall–Kier alpha value is -2.09. The van der Waals surface area contributed by atoms with E-state index in [1.807, 2.05) is 0 Å². The van der Waals surface area contributed by atoms with E-state index in [0.29, 0.717) is 42.4 Å². The third-order valence-electron chi connectivity index (χ3n) is 7.69. The van der Waals surface area contributed by atoms with Crippen molar-refractivity contribution in [3.05, 3.63) is 23.3 Å². The van der Waals surface area contributed by atoms with Gasteiger partial charge in [-0.1, -0.05) is 6.07 Å². The van der Waals surface area contributed by atoms with Crippen molar-refractivity contribution < 1.29 is 21.6 Å². The lowest BCUT2D eigenvalue weighted by Gasteiger charge is -2.34. The van der Waals surface area contributed by atoms with Gasteiger partial charge in [0.25, 0.3) is 0 Å². The number of primary sulfonamides is 1. The Bertz CT molecular complexity index is 1130. The largest absolute Gasteiger partial charge is 0.417 e. The Kier molecular flexibility index (Phi) is 6.15. The summed E-state index contributed by atoms with van der Waals surface area (Å²) in [6, 6.07) is 3.59. The number of rotatable bonds is 5. The number of H-pyrrole nitrogens is 1. The molecular formula is C21H28F3N7O2S. The minimum atomic E-state index is -4.90. The van der Waals surface area contributed by atoms with Crippen LogP contribution in [0.1, 0.15) is 62.0 Å². The van der Waals surface area contributed by atoms with Gasteiger partial charge in [0, 0.05) is 23.7 Å². The number of halogens is 3. The molecule has 34 heavy (non-hydrogen) atoms. The van der Waals surface area contributed by atoms with E-state index in [0.717, 1.165) is 31.9 Å². The first-order valence-electron chi connectivity index (χ1n) is 11.6. The first-order valence-corrected chi connectivity index (χ1v) is 13.2. The molecule has 1 saturated heterocycles. The molecule has 3 fully saturated rings. The van der Waals surface area contributed by atoms with Gasteiger partial charge in [-0.25, -0.2) is 18.7 Å². The third kappa shape index (κ3) is 4.45. The number of hydrogen-bond donors (Lipinski definition) is 4. The second-order valence-electron chi connectivity index (χ2n) is 9.61. The molecule has 186 valence electrons. The number of tetrazole rings is 1. The van der Waals surface area contributed by atoms with Crippen molar-refractivity contribution in [3.8, 4) is 11.4 Å². The van der Waals surface area contributed by atoms with Crippen LogP contribution in [0.3, 0.4) is 0 Å². The van der Waals surface area contributed by atoms with Crippen molar-refractivity contribution in [1.82, 2.24) is 31.3 Å². The number of aromatic amines is 1. The molecular weight excluding hydrogens is 471 g/mol. The highest BCUT2D eigenvalue weighted by Crippen LogP contribution is 2.45. The van der Waals surface area contributed by atoms with Crippen molar-refractivity contribution in [3.63, 3.8) is 0 Å². The summed E-state index contributed by atoms with van der Waals surface area (Å²) in [5.41, 5.74) is -1.04. The summed E-state index contributed by atoms with van der Waals surface area (Å²) in [5, 5.41) is 25.7. The predicted octanol–water partition coefficient (Wildman–Crippen LogP) is 2.29. The van der Waals surface area contributed by atoms with E-state index >= 15 is 0 Å². The number of nitrogens with one attached hydrogen (secondary N) is 3. The average Bonchev–Trinajstić information content (AvgIpc) is 3.52. The molecule has 0 amide bonds. The van der Waals surface area contributed by atoms with E-state index in [4.69, 9.17) is 5.14 Å². The molecule has 3 aliphatic rings. The van der Waals surface area contributed by atoms with Gasteiger partial charge in [-0.05, 0) is 85.4 Å². The van der Waals surface area contributed by atoms with E-state index in [-0.39, 0.29) is 17.3 Å². The predicted molar refractivity (Wildman–Crippen MR) is 117 cm³/mol. The molecule has 0 spiro atoms.